The zero-order chi connectivity index (χ0) is 86.6. The van der Waals surface area contributed by atoms with Crippen molar-refractivity contribution in [1.29, 1.82) is 5.26 Å². The third-order valence-electron chi connectivity index (χ3n) is 26.5. The van der Waals surface area contributed by atoms with E-state index in [9.17, 15) is 12.1 Å². The summed E-state index contributed by atoms with van der Waals surface area (Å²) < 4.78 is 67.5. The van der Waals surface area contributed by atoms with Crippen molar-refractivity contribution in [3.05, 3.63) is 443 Å². The highest BCUT2D eigenvalue weighted by molar-refractivity contribution is 7.00. The van der Waals surface area contributed by atoms with Gasteiger partial charge in [-0.15, -0.1) is 0 Å². The smallest absolute Gasteiger partial charge is 0.252 e. The fourth-order valence-corrected chi connectivity index (χ4v) is 21.0. The Morgan fingerprint density at radius 3 is 1.32 bits per heavy atom. The van der Waals surface area contributed by atoms with E-state index in [4.69, 9.17) is 2.74 Å². The maximum absolute atomic E-state index is 10.5. The van der Waals surface area contributed by atoms with Crippen LogP contribution in [0.1, 0.15) is 148 Å². The molecule has 0 saturated carbocycles. The number of rotatable bonds is 22. The fraction of sp³-hybridized carbons (Fsp3) is 0.157. The number of anilines is 4. The first-order valence-electron chi connectivity index (χ1n) is 46.5. The lowest BCUT2D eigenvalue weighted by molar-refractivity contribution is 0.589. The summed E-state index contributed by atoms with van der Waals surface area (Å²) in [6.45, 7) is 8.08. The van der Waals surface area contributed by atoms with Crippen LogP contribution >= 0.6 is 0 Å². The normalized spacial score (nSPS) is 14.4. The van der Waals surface area contributed by atoms with E-state index in [-0.39, 0.29) is 63.7 Å². The van der Waals surface area contributed by atoms with Gasteiger partial charge >= 0.3 is 0 Å². The van der Waals surface area contributed by atoms with Crippen LogP contribution < -0.4 is 26.2 Å². The summed E-state index contributed by atoms with van der Waals surface area (Å²) in [5, 5.41) is 10.6. The predicted molar refractivity (Wildman–Crippen MR) is 504 cm³/mol. The van der Waals surface area contributed by atoms with Gasteiger partial charge in [-0.05, 0) is 244 Å². The molecule has 120 heavy (non-hydrogen) atoms. The number of para-hydroxylation sites is 1. The van der Waals surface area contributed by atoms with Crippen LogP contribution in [0, 0.1) is 11.3 Å². The summed E-state index contributed by atoms with van der Waals surface area (Å²) >= 11 is 0. The maximum atomic E-state index is 10.5. The van der Waals surface area contributed by atoms with Gasteiger partial charge in [-0.25, -0.2) is 0 Å². The SMILES string of the molecule is [2H]c1c([2H])c([2H])c2c(c1[2H])c1c([2H])c(C#N)c([2H])c([2H])c1n2-c1ccc2c(c1)N(CCCCCCc1ccccc1-c1ccc3c(c1)C(c1ccccc1)(c1ccccc1)c1ccccc1-3)c1cc(C(C)(C)C)cc3c1B2c1cc(-c2ccccc2)ccc1N3CCCCCCc1ccccc1-c1ccc2c(c1)C(c1ccccc1)(c1ccccc1)c1ccccc1-2. The lowest BCUT2D eigenvalue weighted by atomic mass is 9.33. The molecule has 0 spiro atoms. The van der Waals surface area contributed by atoms with Gasteiger partial charge in [0.15, 0.2) is 0 Å². The second-order valence-electron chi connectivity index (χ2n) is 34.2. The number of nitriles is 1. The van der Waals surface area contributed by atoms with E-state index in [2.05, 4.69) is 358 Å². The van der Waals surface area contributed by atoms with Crippen LogP contribution in [0.2, 0.25) is 0 Å². The topological polar surface area (TPSA) is 35.2 Å². The van der Waals surface area contributed by atoms with Crippen LogP contribution in [0.15, 0.2) is 376 Å². The highest BCUT2D eigenvalue weighted by atomic mass is 15.2. The lowest BCUT2D eigenvalue weighted by Crippen LogP contribution is -2.62. The Morgan fingerprint density at radius 1 is 0.350 bits per heavy atom. The van der Waals surface area contributed by atoms with Crippen LogP contribution in [0.5, 0.6) is 0 Å². The molecule has 17 aromatic rings. The Bertz CT molecular complexity index is 7180. The number of benzene rings is 16. The van der Waals surface area contributed by atoms with Crippen LogP contribution in [-0.4, -0.2) is 24.4 Å². The highest BCUT2D eigenvalue weighted by Crippen LogP contribution is 2.59. The van der Waals surface area contributed by atoms with Crippen LogP contribution in [0.3, 0.4) is 0 Å². The van der Waals surface area contributed by atoms with Gasteiger partial charge < -0.3 is 14.4 Å². The Labute approximate surface area is 716 Å². The molecule has 16 aromatic carbocycles. The van der Waals surface area contributed by atoms with E-state index >= 15 is 0 Å². The van der Waals surface area contributed by atoms with Gasteiger partial charge in [0.1, 0.15) is 0 Å². The number of hydrogen-bond donors (Lipinski definition) is 0. The molecule has 0 amide bonds. The van der Waals surface area contributed by atoms with E-state index in [0.717, 1.165) is 104 Å². The van der Waals surface area contributed by atoms with Crippen molar-refractivity contribution in [1.82, 2.24) is 4.57 Å². The van der Waals surface area contributed by atoms with E-state index in [1.54, 1.807) is 4.57 Å². The van der Waals surface area contributed by atoms with Gasteiger partial charge in [-0.1, -0.05) is 356 Å². The largest absolute Gasteiger partial charge is 0.342 e. The van der Waals surface area contributed by atoms with Crippen molar-refractivity contribution < 1.29 is 9.60 Å². The maximum Gasteiger partial charge on any atom is 0.252 e. The second kappa shape index (κ2) is 30.8. The molecule has 2 aliphatic heterocycles. The molecule has 0 radical (unpaired) electrons. The van der Waals surface area contributed by atoms with Crippen molar-refractivity contribution in [3.8, 4) is 67.4 Å². The van der Waals surface area contributed by atoms with E-state index in [1.165, 1.54) is 122 Å². The summed E-state index contributed by atoms with van der Waals surface area (Å²) in [6.07, 6.45) is 9.65. The summed E-state index contributed by atoms with van der Waals surface area (Å²) in [5.41, 5.74) is 33.2. The number of aryl methyl sites for hydroxylation is 2. The van der Waals surface area contributed by atoms with Gasteiger partial charge in [0, 0.05) is 52.3 Å². The number of hydrogen-bond acceptors (Lipinski definition) is 3. The molecule has 2 aliphatic carbocycles. The number of nitrogens with zero attached hydrogens (tertiary/aromatic N) is 4. The van der Waals surface area contributed by atoms with E-state index in [1.807, 2.05) is 12.1 Å². The van der Waals surface area contributed by atoms with Gasteiger partial charge in [-0.2, -0.15) is 5.26 Å². The molecule has 578 valence electrons. The molecular weight excluding hydrogens is 1450 g/mol. The van der Waals surface area contributed by atoms with Gasteiger partial charge in [0.25, 0.3) is 6.71 Å². The molecule has 0 N–H and O–H groups in total. The molecule has 0 fully saturated rings. The van der Waals surface area contributed by atoms with Crippen LogP contribution in [0.4, 0.5) is 22.7 Å². The molecule has 4 aliphatic rings. The zero-order valence-electron chi connectivity index (χ0n) is 75.1. The van der Waals surface area contributed by atoms with Crippen molar-refractivity contribution in [2.75, 3.05) is 22.9 Å². The molecule has 5 heteroatoms. The van der Waals surface area contributed by atoms with Crippen molar-refractivity contribution in [2.24, 2.45) is 0 Å². The molecule has 0 unspecified atom stereocenters. The Kier molecular flexibility index (Phi) is 17.0. The average molecular weight is 1550 g/mol. The predicted octanol–water partition coefficient (Wildman–Crippen LogP) is 26.7. The molecule has 3 heterocycles. The standard InChI is InChI=1S/C115H95BN4/c1-113(2,3)90-75-110-112-111(76-90)119(70-36-7-5-14-40-82-42-26-28-52-93(82)85-61-65-97-95-54-30-33-57-101(95)115(103(97)73-85,88-47-21-11-22-48-88)89-49-23-12-24-50-89)109-77-91(120-106-58-34-31-55-98(106)99-71-79(78-117)59-67-107(99)120)63-66-104(109)116(112)105-74-83(80-37-15-8-16-38-80)62-68-108(105)118(110)69-35-6-4-13-39-81-41-25-27-51-92(81)84-60-64-96-94-53-29-32-56-100(94)114(102(96)72-84,86-43-17-9-18-44-86)87-45-19-10-20-46-87/h8-12,15-34,37-38,41-68,71-77H,4-7,13-14,35-36,39-40,69-70H2,1-3H3/i31D,34D,55D,58D,59D,67D,71D. The third-order valence-corrected chi connectivity index (χ3v) is 26.5. The molecule has 21 rings (SSSR count). The zero-order valence-corrected chi connectivity index (χ0v) is 68.1. The molecule has 0 atom stereocenters. The van der Waals surface area contributed by atoms with Crippen molar-refractivity contribution >= 4 is 67.7 Å². The highest BCUT2D eigenvalue weighted by Gasteiger charge is 2.49. The Hall–Kier alpha value is -13.5. The quantitative estimate of drug-likeness (QED) is 0.0501. The van der Waals surface area contributed by atoms with Crippen LogP contribution in [-0.2, 0) is 29.1 Å². The van der Waals surface area contributed by atoms with Gasteiger partial charge in [0.05, 0.1) is 43.1 Å². The minimum atomic E-state index is -0.519. The minimum Gasteiger partial charge on any atom is -0.342 e. The summed E-state index contributed by atoms with van der Waals surface area (Å²) in [5.74, 6) is 0. The first-order chi connectivity index (χ1) is 62.1. The van der Waals surface area contributed by atoms with Crippen LogP contribution in [0.25, 0.3) is 83.1 Å². The van der Waals surface area contributed by atoms with E-state index in [0.29, 0.717) is 12.2 Å². The molecule has 0 bridgehead atoms. The number of aromatic nitrogens is 1. The molecule has 4 nitrogen and oxygen atoms in total. The molecular formula is C115H95BN4. The first-order valence-corrected chi connectivity index (χ1v) is 43.0. The van der Waals surface area contributed by atoms with Gasteiger partial charge in [-0.3, -0.25) is 0 Å². The number of fused-ring (bicyclic) bond motifs is 13. The third kappa shape index (κ3) is 12.4. The number of unbranched alkanes of at least 4 members (excludes halogenated alkanes) is 6. The minimum absolute atomic E-state index is 0.0391. The molecule has 1 aromatic heterocycles. The van der Waals surface area contributed by atoms with Gasteiger partial charge in [0.2, 0.25) is 0 Å². The average Bonchev–Trinajstić information content (AvgIpc) is 1.69. The second-order valence-corrected chi connectivity index (χ2v) is 34.2. The van der Waals surface area contributed by atoms with Crippen molar-refractivity contribution in [3.63, 3.8) is 0 Å². The summed E-state index contributed by atoms with van der Waals surface area (Å²) in [4.78, 5) is 5.15. The fourth-order valence-electron chi connectivity index (χ4n) is 21.0. The first kappa shape index (κ1) is 66.5. The molecule has 0 saturated heterocycles. The van der Waals surface area contributed by atoms with E-state index < -0.39 is 29.0 Å². The Balaban J connectivity index is 0.625. The summed E-state index contributed by atoms with van der Waals surface area (Å²) in [6, 6.07) is 123. The lowest BCUT2D eigenvalue weighted by Gasteiger charge is -2.45. The summed E-state index contributed by atoms with van der Waals surface area (Å²) in [7, 11) is 0. The Morgan fingerprint density at radius 2 is 0.800 bits per heavy atom. The van der Waals surface area contributed by atoms with Crippen molar-refractivity contribution in [2.45, 2.75) is 101 Å². The monoisotopic (exact) mass is 1550 g/mol.